The summed E-state index contributed by atoms with van der Waals surface area (Å²) in [4.78, 5) is 4.89. The average molecular weight is 499 g/mol. The normalized spacial score (nSPS) is 10.8. The summed E-state index contributed by atoms with van der Waals surface area (Å²) in [5.74, 6) is 3.93. The standard InChI is InChI=1S/C28H34N2O4.ClH/c1-31-24-12-10-22(18-26(24)33-3)14-16-29-28(20-21-8-6-5-7-9-21)30-17-15-23-11-13-25(32-2)27(19-23)34-4;/h5-13,18-19H,14-17,20H2,1-4H3,(H,29,30);1H. The predicted octanol–water partition coefficient (Wildman–Crippen LogP) is 5.16. The number of ether oxygens (including phenoxy) is 4. The van der Waals surface area contributed by atoms with E-state index in [1.807, 2.05) is 30.3 Å². The van der Waals surface area contributed by atoms with Gasteiger partial charge in [0.05, 0.1) is 28.4 Å². The van der Waals surface area contributed by atoms with Crippen LogP contribution in [0.1, 0.15) is 16.7 Å². The summed E-state index contributed by atoms with van der Waals surface area (Å²) < 4.78 is 21.5. The highest BCUT2D eigenvalue weighted by atomic mass is 35.5. The van der Waals surface area contributed by atoms with Crippen molar-refractivity contribution in [3.8, 4) is 23.0 Å². The van der Waals surface area contributed by atoms with Gasteiger partial charge in [-0.25, -0.2) is 0 Å². The molecule has 0 aliphatic rings. The fourth-order valence-corrected chi connectivity index (χ4v) is 3.71. The van der Waals surface area contributed by atoms with Gasteiger partial charge in [-0.2, -0.15) is 0 Å². The third kappa shape index (κ3) is 8.41. The zero-order valence-corrected chi connectivity index (χ0v) is 21.7. The highest BCUT2D eigenvalue weighted by molar-refractivity contribution is 5.85. The first-order chi connectivity index (χ1) is 16.7. The summed E-state index contributed by atoms with van der Waals surface area (Å²) in [7, 11) is 6.60. The minimum atomic E-state index is 0. The van der Waals surface area contributed by atoms with Crippen LogP contribution in [0.5, 0.6) is 23.0 Å². The summed E-state index contributed by atoms with van der Waals surface area (Å²) in [6, 6.07) is 22.4. The van der Waals surface area contributed by atoms with Crippen LogP contribution in [0.25, 0.3) is 0 Å². The minimum Gasteiger partial charge on any atom is -0.493 e. The van der Waals surface area contributed by atoms with Crippen LogP contribution < -0.4 is 24.3 Å². The van der Waals surface area contributed by atoms with E-state index < -0.39 is 0 Å². The number of aliphatic imine (C=N–C) groups is 1. The molecule has 0 atom stereocenters. The van der Waals surface area contributed by atoms with Crippen molar-refractivity contribution in [2.24, 2.45) is 4.99 Å². The van der Waals surface area contributed by atoms with Crippen molar-refractivity contribution < 1.29 is 18.9 Å². The van der Waals surface area contributed by atoms with Gasteiger partial charge in [-0.15, -0.1) is 12.4 Å². The second kappa shape index (κ2) is 14.8. The lowest BCUT2D eigenvalue weighted by Gasteiger charge is -2.13. The van der Waals surface area contributed by atoms with E-state index in [0.29, 0.717) is 6.54 Å². The molecule has 35 heavy (non-hydrogen) atoms. The highest BCUT2D eigenvalue weighted by Gasteiger charge is 2.07. The Hall–Kier alpha value is -3.38. The third-order valence-corrected chi connectivity index (χ3v) is 5.56. The molecule has 0 saturated carbocycles. The molecule has 0 bridgehead atoms. The van der Waals surface area contributed by atoms with Crippen molar-refractivity contribution >= 4 is 18.2 Å². The van der Waals surface area contributed by atoms with E-state index in [0.717, 1.165) is 60.2 Å². The monoisotopic (exact) mass is 498 g/mol. The lowest BCUT2D eigenvalue weighted by Crippen LogP contribution is -2.28. The molecule has 0 spiro atoms. The Balaban J connectivity index is 0.00000432. The molecule has 0 saturated heterocycles. The number of hydrogen-bond donors (Lipinski definition) is 1. The molecule has 188 valence electrons. The molecule has 0 radical (unpaired) electrons. The fourth-order valence-electron chi connectivity index (χ4n) is 3.71. The molecule has 3 aromatic carbocycles. The van der Waals surface area contributed by atoms with Gasteiger partial charge in [-0.05, 0) is 53.8 Å². The molecule has 0 unspecified atom stereocenters. The van der Waals surface area contributed by atoms with Gasteiger partial charge >= 0.3 is 0 Å². The number of nitrogens with one attached hydrogen (secondary N) is 1. The van der Waals surface area contributed by atoms with E-state index in [1.165, 1.54) is 11.1 Å². The summed E-state index contributed by atoms with van der Waals surface area (Å²) in [6.45, 7) is 1.46. The van der Waals surface area contributed by atoms with E-state index in [-0.39, 0.29) is 12.4 Å². The lowest BCUT2D eigenvalue weighted by molar-refractivity contribution is 0.354. The minimum absolute atomic E-state index is 0. The maximum atomic E-state index is 5.42. The fraction of sp³-hybridized carbons (Fsp3) is 0.321. The summed E-state index contributed by atoms with van der Waals surface area (Å²) >= 11 is 0. The van der Waals surface area contributed by atoms with Gasteiger partial charge in [0, 0.05) is 19.5 Å². The first kappa shape index (κ1) is 27.9. The number of amidine groups is 1. The van der Waals surface area contributed by atoms with Crippen molar-refractivity contribution in [2.45, 2.75) is 19.3 Å². The van der Waals surface area contributed by atoms with Crippen LogP contribution in [0.15, 0.2) is 71.7 Å². The maximum absolute atomic E-state index is 5.42. The first-order valence-electron chi connectivity index (χ1n) is 11.4. The first-order valence-corrected chi connectivity index (χ1v) is 11.4. The van der Waals surface area contributed by atoms with Gasteiger partial charge in [0.15, 0.2) is 23.0 Å². The molecule has 0 fully saturated rings. The number of benzene rings is 3. The van der Waals surface area contributed by atoms with E-state index in [1.54, 1.807) is 28.4 Å². The molecule has 0 heterocycles. The zero-order chi connectivity index (χ0) is 24.2. The Morgan fingerprint density at radius 2 is 1.20 bits per heavy atom. The summed E-state index contributed by atoms with van der Waals surface area (Å²) in [5.41, 5.74) is 3.56. The van der Waals surface area contributed by atoms with Gasteiger partial charge in [-0.3, -0.25) is 4.99 Å². The van der Waals surface area contributed by atoms with Crippen molar-refractivity contribution in [3.63, 3.8) is 0 Å². The predicted molar refractivity (Wildman–Crippen MR) is 144 cm³/mol. The van der Waals surface area contributed by atoms with Crippen molar-refractivity contribution in [2.75, 3.05) is 41.5 Å². The molecule has 6 nitrogen and oxygen atoms in total. The Bertz CT molecular complexity index is 1070. The quantitative estimate of drug-likeness (QED) is 0.276. The molecule has 0 aliphatic carbocycles. The summed E-state index contributed by atoms with van der Waals surface area (Å²) in [5, 5.41) is 3.54. The number of rotatable bonds is 12. The van der Waals surface area contributed by atoms with Crippen LogP contribution >= 0.6 is 12.4 Å². The molecule has 3 rings (SSSR count). The molecular formula is C28H35ClN2O4. The Labute approximate surface area is 214 Å². The smallest absolute Gasteiger partial charge is 0.160 e. The second-order valence-corrected chi connectivity index (χ2v) is 7.80. The summed E-state index contributed by atoms with van der Waals surface area (Å²) in [6.07, 6.45) is 2.43. The van der Waals surface area contributed by atoms with Gasteiger partial charge in [0.25, 0.3) is 0 Å². The highest BCUT2D eigenvalue weighted by Crippen LogP contribution is 2.28. The van der Waals surface area contributed by atoms with Crippen LogP contribution in [0.4, 0.5) is 0 Å². The number of halogens is 1. The van der Waals surface area contributed by atoms with Crippen LogP contribution in [-0.2, 0) is 19.3 Å². The zero-order valence-electron chi connectivity index (χ0n) is 20.9. The van der Waals surface area contributed by atoms with E-state index in [4.69, 9.17) is 23.9 Å². The number of hydrogen-bond acceptors (Lipinski definition) is 5. The molecule has 7 heteroatoms. The van der Waals surface area contributed by atoms with Gasteiger partial charge < -0.3 is 24.3 Å². The SMILES string of the molecule is COc1ccc(CCN=C(Cc2ccccc2)NCCc2ccc(OC)c(OC)c2)cc1OC.Cl. The van der Waals surface area contributed by atoms with Crippen LogP contribution in [0.2, 0.25) is 0 Å². The Morgan fingerprint density at radius 3 is 1.74 bits per heavy atom. The van der Waals surface area contributed by atoms with E-state index >= 15 is 0 Å². The Morgan fingerprint density at radius 1 is 0.657 bits per heavy atom. The van der Waals surface area contributed by atoms with Crippen molar-refractivity contribution in [3.05, 3.63) is 83.4 Å². The van der Waals surface area contributed by atoms with Gasteiger partial charge in [0.1, 0.15) is 5.84 Å². The second-order valence-electron chi connectivity index (χ2n) is 7.80. The van der Waals surface area contributed by atoms with Crippen LogP contribution in [0, 0.1) is 0 Å². The van der Waals surface area contributed by atoms with Gasteiger partial charge in [0.2, 0.25) is 0 Å². The van der Waals surface area contributed by atoms with Crippen molar-refractivity contribution in [1.29, 1.82) is 0 Å². The van der Waals surface area contributed by atoms with E-state index in [9.17, 15) is 0 Å². The maximum Gasteiger partial charge on any atom is 0.160 e. The Kier molecular flexibility index (Phi) is 11.8. The van der Waals surface area contributed by atoms with Crippen molar-refractivity contribution in [1.82, 2.24) is 5.32 Å². The molecule has 0 aromatic heterocycles. The molecule has 0 amide bonds. The molecule has 0 aliphatic heterocycles. The number of nitrogens with zero attached hydrogens (tertiary/aromatic N) is 1. The van der Waals surface area contributed by atoms with Crippen LogP contribution in [0.3, 0.4) is 0 Å². The third-order valence-electron chi connectivity index (χ3n) is 5.56. The average Bonchev–Trinajstić information content (AvgIpc) is 2.88. The largest absolute Gasteiger partial charge is 0.493 e. The lowest BCUT2D eigenvalue weighted by atomic mass is 10.1. The number of methoxy groups -OCH3 is 4. The molecule has 1 N–H and O–H groups in total. The molecule has 3 aromatic rings. The van der Waals surface area contributed by atoms with E-state index in [2.05, 4.69) is 41.7 Å². The van der Waals surface area contributed by atoms with Crippen LogP contribution in [-0.4, -0.2) is 47.4 Å². The van der Waals surface area contributed by atoms with Gasteiger partial charge in [-0.1, -0.05) is 42.5 Å². The topological polar surface area (TPSA) is 61.3 Å². The molecular weight excluding hydrogens is 464 g/mol.